The molecule has 106 valence electrons. The second kappa shape index (κ2) is 6.33. The largest absolute Gasteiger partial charge is 0.380 e. The van der Waals surface area contributed by atoms with Crippen LogP contribution in [0.1, 0.15) is 43.2 Å². The van der Waals surface area contributed by atoms with Crippen LogP contribution < -0.4 is 5.73 Å². The molecule has 19 heavy (non-hydrogen) atoms. The van der Waals surface area contributed by atoms with E-state index in [0.29, 0.717) is 17.6 Å². The van der Waals surface area contributed by atoms with Crippen molar-refractivity contribution in [2.45, 2.75) is 44.1 Å². The third-order valence-corrected chi connectivity index (χ3v) is 4.75. The van der Waals surface area contributed by atoms with Crippen molar-refractivity contribution in [3.05, 3.63) is 33.5 Å². The Labute approximate surface area is 122 Å². The molecule has 0 amide bonds. The molecule has 4 heteroatoms. The van der Waals surface area contributed by atoms with E-state index in [9.17, 15) is 4.39 Å². The molecule has 2 nitrogen and oxygen atoms in total. The Bertz CT molecular complexity index is 444. The normalized spacial score (nSPS) is 18.5. The van der Waals surface area contributed by atoms with Crippen molar-refractivity contribution < 1.29 is 9.13 Å². The average Bonchev–Trinajstić information content (AvgIpc) is 2.43. The molecule has 1 fully saturated rings. The molecular weight excluding hydrogens is 309 g/mol. The number of ether oxygens (including phenoxy) is 1. The van der Waals surface area contributed by atoms with Crippen LogP contribution in [0.2, 0.25) is 0 Å². The maximum Gasteiger partial charge on any atom is 0.141 e. The summed E-state index contributed by atoms with van der Waals surface area (Å²) in [6.07, 6.45) is 5.43. The predicted molar refractivity (Wildman–Crippen MR) is 78.6 cm³/mol. The lowest BCUT2D eigenvalue weighted by atomic mass is 9.69. The molecule has 1 aliphatic rings. The van der Waals surface area contributed by atoms with E-state index in [-0.39, 0.29) is 11.2 Å². The molecule has 1 aromatic carbocycles. The summed E-state index contributed by atoms with van der Waals surface area (Å²) in [6, 6.07) is 3.72. The van der Waals surface area contributed by atoms with Crippen LogP contribution in [0.3, 0.4) is 0 Å². The molecule has 2 rings (SSSR count). The van der Waals surface area contributed by atoms with Crippen molar-refractivity contribution in [2.24, 2.45) is 5.73 Å². The topological polar surface area (TPSA) is 35.2 Å². The quantitative estimate of drug-likeness (QED) is 0.909. The van der Waals surface area contributed by atoms with E-state index in [1.807, 2.05) is 6.07 Å². The number of rotatable bonds is 4. The number of nitrogens with two attached hydrogens (primary N) is 1. The Morgan fingerprint density at radius 3 is 2.58 bits per heavy atom. The Morgan fingerprint density at radius 1 is 1.32 bits per heavy atom. The third-order valence-electron chi connectivity index (χ3n) is 4.17. The smallest absolute Gasteiger partial charge is 0.141 e. The van der Waals surface area contributed by atoms with Crippen LogP contribution in [0.15, 0.2) is 16.6 Å². The number of hydrogen-bond acceptors (Lipinski definition) is 2. The lowest BCUT2D eigenvalue weighted by molar-refractivity contribution is 0.184. The van der Waals surface area contributed by atoms with Crippen LogP contribution in [0.5, 0.6) is 0 Å². The van der Waals surface area contributed by atoms with Gasteiger partial charge in [0.1, 0.15) is 5.82 Å². The second-order valence-corrected chi connectivity index (χ2v) is 6.27. The van der Waals surface area contributed by atoms with Crippen LogP contribution in [0, 0.1) is 5.82 Å². The summed E-state index contributed by atoms with van der Waals surface area (Å²) < 4.78 is 20.2. The van der Waals surface area contributed by atoms with Gasteiger partial charge in [-0.3, -0.25) is 0 Å². The average molecular weight is 330 g/mol. The summed E-state index contributed by atoms with van der Waals surface area (Å²) in [5.41, 5.74) is 7.55. The van der Waals surface area contributed by atoms with Gasteiger partial charge in [-0.2, -0.15) is 0 Å². The standard InChI is InChI=1S/C15H21BrFNO/c1-19-9-11-7-12(14(17)13(16)8-11)15(10-18)5-3-2-4-6-15/h7-8H,2-6,9-10,18H2,1H3. The first-order valence-corrected chi connectivity index (χ1v) is 7.60. The minimum absolute atomic E-state index is 0.160. The van der Waals surface area contributed by atoms with Crippen LogP contribution >= 0.6 is 15.9 Å². The summed E-state index contributed by atoms with van der Waals surface area (Å²) in [7, 11) is 1.65. The molecule has 0 saturated heterocycles. The Morgan fingerprint density at radius 2 is 2.00 bits per heavy atom. The lowest BCUT2D eigenvalue weighted by Gasteiger charge is -2.37. The van der Waals surface area contributed by atoms with Gasteiger partial charge in [-0.05, 0) is 52.0 Å². The van der Waals surface area contributed by atoms with E-state index in [4.69, 9.17) is 10.5 Å². The first-order chi connectivity index (χ1) is 9.13. The van der Waals surface area contributed by atoms with Gasteiger partial charge in [-0.15, -0.1) is 0 Å². The minimum atomic E-state index is -0.200. The van der Waals surface area contributed by atoms with E-state index < -0.39 is 0 Å². The van der Waals surface area contributed by atoms with Gasteiger partial charge in [0.2, 0.25) is 0 Å². The highest BCUT2D eigenvalue weighted by molar-refractivity contribution is 9.10. The number of benzene rings is 1. The number of methoxy groups -OCH3 is 1. The van der Waals surface area contributed by atoms with Crippen LogP contribution in [-0.2, 0) is 16.8 Å². The molecule has 1 saturated carbocycles. The minimum Gasteiger partial charge on any atom is -0.380 e. The van der Waals surface area contributed by atoms with Crippen LogP contribution in [0.4, 0.5) is 4.39 Å². The highest BCUT2D eigenvalue weighted by Crippen LogP contribution is 2.41. The fraction of sp³-hybridized carbons (Fsp3) is 0.600. The number of hydrogen-bond donors (Lipinski definition) is 1. The molecule has 0 heterocycles. The fourth-order valence-corrected chi connectivity index (χ4v) is 3.60. The van der Waals surface area contributed by atoms with Gasteiger partial charge < -0.3 is 10.5 Å². The summed E-state index contributed by atoms with van der Waals surface area (Å²) in [6.45, 7) is 0.999. The van der Waals surface area contributed by atoms with Gasteiger partial charge in [-0.25, -0.2) is 4.39 Å². The van der Waals surface area contributed by atoms with Gasteiger partial charge in [-0.1, -0.05) is 19.3 Å². The summed E-state index contributed by atoms with van der Waals surface area (Å²) >= 11 is 3.32. The summed E-state index contributed by atoms with van der Waals surface area (Å²) in [5.74, 6) is -0.160. The van der Waals surface area contributed by atoms with E-state index in [1.165, 1.54) is 6.42 Å². The van der Waals surface area contributed by atoms with Gasteiger partial charge >= 0.3 is 0 Å². The third kappa shape index (κ3) is 3.01. The van der Waals surface area contributed by atoms with E-state index >= 15 is 0 Å². The monoisotopic (exact) mass is 329 g/mol. The lowest BCUT2D eigenvalue weighted by Crippen LogP contribution is -2.38. The maximum atomic E-state index is 14.5. The van der Waals surface area contributed by atoms with Crippen molar-refractivity contribution in [3.8, 4) is 0 Å². The van der Waals surface area contributed by atoms with Crippen molar-refractivity contribution >= 4 is 15.9 Å². The number of halogens is 2. The van der Waals surface area contributed by atoms with Crippen molar-refractivity contribution in [1.29, 1.82) is 0 Å². The summed E-state index contributed by atoms with van der Waals surface area (Å²) in [4.78, 5) is 0. The molecule has 1 aromatic rings. The zero-order valence-corrected chi connectivity index (χ0v) is 12.9. The molecule has 1 aliphatic carbocycles. The van der Waals surface area contributed by atoms with E-state index in [0.717, 1.165) is 36.8 Å². The zero-order chi connectivity index (χ0) is 13.9. The van der Waals surface area contributed by atoms with E-state index in [1.54, 1.807) is 13.2 Å². The molecule has 2 N–H and O–H groups in total. The Hall–Kier alpha value is -0.450. The van der Waals surface area contributed by atoms with Gasteiger partial charge in [0.05, 0.1) is 11.1 Å². The van der Waals surface area contributed by atoms with Crippen LogP contribution in [-0.4, -0.2) is 13.7 Å². The van der Waals surface area contributed by atoms with Crippen LogP contribution in [0.25, 0.3) is 0 Å². The molecule has 0 spiro atoms. The van der Waals surface area contributed by atoms with Crippen molar-refractivity contribution in [1.82, 2.24) is 0 Å². The first kappa shape index (κ1) is 14.9. The predicted octanol–water partition coefficient (Wildman–Crippen LogP) is 3.90. The molecule has 0 atom stereocenters. The SMILES string of the molecule is COCc1cc(Br)c(F)c(C2(CN)CCCCC2)c1. The molecule has 0 bridgehead atoms. The highest BCUT2D eigenvalue weighted by atomic mass is 79.9. The molecule has 0 aliphatic heterocycles. The Balaban J connectivity index is 2.46. The molecular formula is C15H21BrFNO. The zero-order valence-electron chi connectivity index (χ0n) is 11.3. The van der Waals surface area contributed by atoms with Crippen molar-refractivity contribution in [2.75, 3.05) is 13.7 Å². The van der Waals surface area contributed by atoms with Gasteiger partial charge in [0.25, 0.3) is 0 Å². The molecule has 0 aromatic heterocycles. The fourth-order valence-electron chi connectivity index (χ4n) is 3.09. The van der Waals surface area contributed by atoms with E-state index in [2.05, 4.69) is 15.9 Å². The summed E-state index contributed by atoms with van der Waals surface area (Å²) in [5, 5.41) is 0. The van der Waals surface area contributed by atoms with Gasteiger partial charge in [0, 0.05) is 19.1 Å². The van der Waals surface area contributed by atoms with Gasteiger partial charge in [0.15, 0.2) is 0 Å². The second-order valence-electron chi connectivity index (χ2n) is 5.42. The first-order valence-electron chi connectivity index (χ1n) is 6.80. The molecule has 0 radical (unpaired) electrons. The molecule has 0 unspecified atom stereocenters. The Kier molecular flexibility index (Phi) is 4.98. The highest BCUT2D eigenvalue weighted by Gasteiger charge is 2.35. The van der Waals surface area contributed by atoms with Crippen molar-refractivity contribution in [3.63, 3.8) is 0 Å². The maximum absolute atomic E-state index is 14.5.